The van der Waals surface area contributed by atoms with Gasteiger partial charge in [-0.3, -0.25) is 19.5 Å². The lowest BCUT2D eigenvalue weighted by Gasteiger charge is -2.34. The van der Waals surface area contributed by atoms with Gasteiger partial charge in [0.2, 0.25) is 0 Å². The highest BCUT2D eigenvalue weighted by Crippen LogP contribution is 2.42. The first-order chi connectivity index (χ1) is 21.7. The van der Waals surface area contributed by atoms with Crippen LogP contribution in [0.5, 0.6) is 0 Å². The van der Waals surface area contributed by atoms with Gasteiger partial charge in [0, 0.05) is 36.5 Å². The van der Waals surface area contributed by atoms with Gasteiger partial charge in [-0.15, -0.1) is 11.3 Å². The molecule has 3 aliphatic heterocycles. The van der Waals surface area contributed by atoms with Crippen LogP contribution in [-0.2, 0) is 23.9 Å². The molecule has 0 spiro atoms. The average molecular weight is 674 g/mol. The van der Waals surface area contributed by atoms with Crippen LogP contribution in [-0.4, -0.2) is 102 Å². The fourth-order valence-corrected chi connectivity index (χ4v) is 6.44. The molecule has 46 heavy (non-hydrogen) atoms. The fraction of sp³-hybridized carbons (Fsp3) is 0.517. The predicted octanol–water partition coefficient (Wildman–Crippen LogP) is 3.53. The van der Waals surface area contributed by atoms with E-state index in [1.54, 1.807) is 5.38 Å². The standard InChI is InChI=1S/C29H32F5N5O6S/c1-5-44-26(40)19-16(36-24(25-35-8-9-46-25)37-22(19)14-6-7-15(30)21(32)20(14)31)10-38-13-29(33,34)23-17(38)12-45-39(23)11-18(43-4)28(2,3)27(41)42/h6-9,17-18,22-23H,5,10-13H2,1-4H3,(H,36,37)(H,41,42)/t17-,18-,22+,23+/m1/s1. The number of nitrogens with one attached hydrogen (secondary N) is 1. The zero-order valence-corrected chi connectivity index (χ0v) is 26.0. The van der Waals surface area contributed by atoms with Gasteiger partial charge < -0.3 is 19.9 Å². The maximum atomic E-state index is 15.7. The summed E-state index contributed by atoms with van der Waals surface area (Å²) in [6.45, 7) is 2.69. The number of hydrogen-bond acceptors (Lipinski definition) is 11. The molecule has 11 nitrogen and oxygen atoms in total. The van der Waals surface area contributed by atoms with Crippen LogP contribution < -0.4 is 5.32 Å². The number of thiazole rings is 1. The van der Waals surface area contributed by atoms with E-state index in [2.05, 4.69) is 15.3 Å². The molecule has 2 N–H and O–H groups in total. The molecule has 17 heteroatoms. The van der Waals surface area contributed by atoms with Crippen LogP contribution in [0, 0.1) is 22.9 Å². The minimum absolute atomic E-state index is 0.0180. The van der Waals surface area contributed by atoms with E-state index in [9.17, 15) is 23.5 Å². The van der Waals surface area contributed by atoms with Crippen molar-refractivity contribution in [3.63, 3.8) is 0 Å². The Morgan fingerprint density at radius 2 is 2.00 bits per heavy atom. The Morgan fingerprint density at radius 3 is 2.63 bits per heavy atom. The monoisotopic (exact) mass is 673 g/mol. The van der Waals surface area contributed by atoms with E-state index in [1.807, 2.05) is 0 Å². The van der Waals surface area contributed by atoms with Gasteiger partial charge in [-0.05, 0) is 26.8 Å². The van der Waals surface area contributed by atoms with Crippen LogP contribution in [0.15, 0.2) is 40.0 Å². The molecule has 0 bridgehead atoms. The van der Waals surface area contributed by atoms with E-state index in [0.29, 0.717) is 11.1 Å². The number of halogens is 5. The van der Waals surface area contributed by atoms with Crippen LogP contribution >= 0.6 is 11.3 Å². The summed E-state index contributed by atoms with van der Waals surface area (Å²) < 4.78 is 85.5. The lowest BCUT2D eigenvalue weighted by Crippen LogP contribution is -2.51. The lowest BCUT2D eigenvalue weighted by molar-refractivity contribution is -0.205. The fourth-order valence-electron chi connectivity index (χ4n) is 5.85. The Balaban J connectivity index is 1.53. The van der Waals surface area contributed by atoms with Gasteiger partial charge in [-0.1, -0.05) is 6.07 Å². The van der Waals surface area contributed by atoms with Crippen molar-refractivity contribution in [1.82, 2.24) is 20.3 Å². The second-order valence-electron chi connectivity index (χ2n) is 11.5. The first-order valence-electron chi connectivity index (χ1n) is 14.3. The largest absolute Gasteiger partial charge is 0.481 e. The summed E-state index contributed by atoms with van der Waals surface area (Å²) in [6.07, 6.45) is 0.465. The van der Waals surface area contributed by atoms with Gasteiger partial charge in [-0.25, -0.2) is 31.7 Å². The lowest BCUT2D eigenvalue weighted by atomic mass is 9.86. The minimum Gasteiger partial charge on any atom is -0.481 e. The Bertz CT molecular complexity index is 1550. The number of carboxylic acid groups (broad SMARTS) is 1. The zero-order chi connectivity index (χ0) is 33.6. The summed E-state index contributed by atoms with van der Waals surface area (Å²) in [5.74, 6) is -10.2. The topological polar surface area (TPSA) is 126 Å². The zero-order valence-electron chi connectivity index (χ0n) is 25.2. The molecule has 3 aliphatic rings. The van der Waals surface area contributed by atoms with Gasteiger partial charge >= 0.3 is 11.9 Å². The third-order valence-electron chi connectivity index (χ3n) is 8.37. The number of aromatic nitrogens is 1. The van der Waals surface area contributed by atoms with Gasteiger partial charge in [-0.2, -0.15) is 5.06 Å². The second-order valence-corrected chi connectivity index (χ2v) is 12.4. The normalized spacial score (nSPS) is 24.0. The van der Waals surface area contributed by atoms with E-state index in [0.717, 1.165) is 22.5 Å². The van der Waals surface area contributed by atoms with E-state index in [-0.39, 0.29) is 43.4 Å². The van der Waals surface area contributed by atoms with Crippen molar-refractivity contribution in [3.05, 3.63) is 63.0 Å². The number of nitrogens with zero attached hydrogens (tertiary/aromatic N) is 4. The molecule has 1 aromatic heterocycles. The number of aliphatic carboxylic acids is 1. The maximum Gasteiger partial charge on any atom is 0.338 e. The summed E-state index contributed by atoms with van der Waals surface area (Å²) in [5, 5.41) is 15.6. The highest BCUT2D eigenvalue weighted by Gasteiger charge is 2.61. The number of fused-ring (bicyclic) bond motifs is 1. The van der Waals surface area contributed by atoms with Crippen molar-refractivity contribution in [2.24, 2.45) is 10.4 Å². The number of benzene rings is 1. The van der Waals surface area contributed by atoms with E-state index in [1.165, 1.54) is 39.0 Å². The Hall–Kier alpha value is -3.51. The number of carbonyl (C=O) groups is 2. The number of carboxylic acids is 1. The number of amidine groups is 1. The quantitative estimate of drug-likeness (QED) is 0.208. The van der Waals surface area contributed by atoms with E-state index in [4.69, 9.17) is 14.3 Å². The van der Waals surface area contributed by atoms with Gasteiger partial charge in [0.15, 0.2) is 28.3 Å². The molecule has 5 rings (SSSR count). The van der Waals surface area contributed by atoms with Gasteiger partial charge in [0.25, 0.3) is 5.92 Å². The number of ether oxygens (including phenoxy) is 2. The summed E-state index contributed by atoms with van der Waals surface area (Å²) in [4.78, 5) is 40.9. The third-order valence-corrected chi connectivity index (χ3v) is 9.14. The summed E-state index contributed by atoms with van der Waals surface area (Å²) in [6, 6.07) is -2.32. The first kappa shape index (κ1) is 33.8. The van der Waals surface area contributed by atoms with Gasteiger partial charge in [0.05, 0.1) is 49.4 Å². The Morgan fingerprint density at radius 1 is 1.26 bits per heavy atom. The van der Waals surface area contributed by atoms with Crippen LogP contribution in [0.2, 0.25) is 0 Å². The number of esters is 1. The number of methoxy groups -OCH3 is 1. The molecule has 2 saturated heterocycles. The molecule has 250 valence electrons. The SMILES string of the molecule is CCOC(=O)C1=C(CN2CC(F)(F)[C@@H]3[C@H]2CON3C[C@@H](OC)C(C)(C)C(=O)O)NC(c2nccs2)=N[C@H]1c1ccc(F)c(F)c1F. The molecule has 4 atom stereocenters. The van der Waals surface area contributed by atoms with Crippen LogP contribution in [0.1, 0.15) is 37.4 Å². The van der Waals surface area contributed by atoms with Crippen LogP contribution in [0.3, 0.4) is 0 Å². The molecule has 0 amide bonds. The number of hydrogen-bond donors (Lipinski definition) is 2. The Labute approximate surface area is 264 Å². The number of likely N-dealkylation sites (tertiary alicyclic amines) is 1. The summed E-state index contributed by atoms with van der Waals surface area (Å²) in [7, 11) is 1.29. The number of alkyl halides is 2. The minimum atomic E-state index is -3.36. The van der Waals surface area contributed by atoms with Crippen LogP contribution in [0.4, 0.5) is 22.0 Å². The highest BCUT2D eigenvalue weighted by molar-refractivity contribution is 7.11. The smallest absolute Gasteiger partial charge is 0.338 e. The average Bonchev–Trinajstić information content (AvgIpc) is 3.73. The number of hydroxylamine groups is 2. The van der Waals surface area contributed by atoms with Crippen molar-refractivity contribution in [1.29, 1.82) is 0 Å². The van der Waals surface area contributed by atoms with Crippen molar-refractivity contribution in [3.8, 4) is 0 Å². The molecule has 4 heterocycles. The molecule has 0 radical (unpaired) electrons. The van der Waals surface area contributed by atoms with Gasteiger partial charge in [0.1, 0.15) is 12.1 Å². The van der Waals surface area contributed by atoms with E-state index < -0.39 is 77.1 Å². The number of aliphatic imine (C=N–C) groups is 1. The molecule has 0 aliphatic carbocycles. The third kappa shape index (κ3) is 6.13. The Kier molecular flexibility index (Phi) is 9.52. The molecule has 2 aromatic rings. The molecule has 1 aromatic carbocycles. The van der Waals surface area contributed by atoms with Crippen molar-refractivity contribution in [2.45, 2.75) is 50.9 Å². The van der Waals surface area contributed by atoms with Crippen molar-refractivity contribution >= 4 is 29.1 Å². The number of carbonyl (C=O) groups excluding carboxylic acids is 1. The second kappa shape index (κ2) is 12.9. The first-order valence-corrected chi connectivity index (χ1v) is 15.1. The van der Waals surface area contributed by atoms with E-state index >= 15 is 13.2 Å². The maximum absolute atomic E-state index is 15.7. The number of rotatable bonds is 11. The molecular formula is C29H32F5N5O6S. The molecule has 0 saturated carbocycles. The highest BCUT2D eigenvalue weighted by atomic mass is 32.1. The molecule has 0 unspecified atom stereocenters. The van der Waals surface area contributed by atoms with Crippen molar-refractivity contribution < 1.29 is 51.0 Å². The predicted molar refractivity (Wildman–Crippen MR) is 153 cm³/mol. The molecular weight excluding hydrogens is 641 g/mol. The van der Waals surface area contributed by atoms with Crippen LogP contribution in [0.25, 0.3) is 0 Å². The van der Waals surface area contributed by atoms with Crippen molar-refractivity contribution in [2.75, 3.05) is 40.0 Å². The summed E-state index contributed by atoms with van der Waals surface area (Å²) >= 11 is 1.14. The molecule has 2 fully saturated rings. The summed E-state index contributed by atoms with van der Waals surface area (Å²) in [5.41, 5.74) is -2.16.